The Kier molecular flexibility index (Phi) is 3.69. The predicted octanol–water partition coefficient (Wildman–Crippen LogP) is 5.66. The van der Waals surface area contributed by atoms with E-state index in [1.807, 2.05) is 36.4 Å². The fourth-order valence-electron chi connectivity index (χ4n) is 1.98. The molecule has 94 valence electrons. The van der Waals surface area contributed by atoms with Crippen LogP contribution in [0.2, 0.25) is 0 Å². The maximum absolute atomic E-state index is 4.63. The van der Waals surface area contributed by atoms with Crippen molar-refractivity contribution in [2.75, 3.05) is 0 Å². The van der Waals surface area contributed by atoms with Gasteiger partial charge in [-0.1, -0.05) is 60.7 Å². The number of thiophene rings is 1. The van der Waals surface area contributed by atoms with E-state index < -0.39 is 0 Å². The molecule has 0 spiro atoms. The van der Waals surface area contributed by atoms with Crippen LogP contribution in [0.1, 0.15) is 0 Å². The van der Waals surface area contributed by atoms with E-state index in [0.29, 0.717) is 0 Å². The molecule has 0 fully saturated rings. The Morgan fingerprint density at radius 1 is 0.579 bits per heavy atom. The molecule has 1 aromatic heterocycles. The summed E-state index contributed by atoms with van der Waals surface area (Å²) >= 11 is 11.0. The summed E-state index contributed by atoms with van der Waals surface area (Å²) in [5.74, 6) is 0. The average Bonchev–Trinajstić information content (AvgIpc) is 2.77. The summed E-state index contributed by atoms with van der Waals surface area (Å²) < 4.78 is 0. The van der Waals surface area contributed by atoms with Crippen LogP contribution < -0.4 is 0 Å². The minimum Gasteiger partial charge on any atom is -0.141 e. The molecule has 0 saturated heterocycles. The highest BCUT2D eigenvalue weighted by molar-refractivity contribution is 7.84. The third-order valence-corrected chi connectivity index (χ3v) is 5.59. The molecule has 0 radical (unpaired) electrons. The molecule has 0 aliphatic heterocycles. The van der Waals surface area contributed by atoms with Crippen molar-refractivity contribution in [3.8, 4) is 20.9 Å². The van der Waals surface area contributed by atoms with Gasteiger partial charge in [-0.25, -0.2) is 0 Å². The van der Waals surface area contributed by atoms with Crippen LogP contribution in [0.5, 0.6) is 0 Å². The summed E-state index contributed by atoms with van der Waals surface area (Å²) in [4.78, 5) is 4.26. The van der Waals surface area contributed by atoms with Crippen molar-refractivity contribution < 1.29 is 0 Å². The quantitative estimate of drug-likeness (QED) is 0.561. The van der Waals surface area contributed by atoms with Gasteiger partial charge in [0.2, 0.25) is 0 Å². The molecule has 0 bridgehead atoms. The molecular formula is C16H12S3. The van der Waals surface area contributed by atoms with E-state index in [1.165, 1.54) is 20.9 Å². The first-order valence-corrected chi connectivity index (χ1v) is 7.64. The van der Waals surface area contributed by atoms with Gasteiger partial charge in [-0.05, 0) is 11.1 Å². The summed E-state index contributed by atoms with van der Waals surface area (Å²) in [6.45, 7) is 0. The summed E-state index contributed by atoms with van der Waals surface area (Å²) in [6.07, 6.45) is 0. The number of thiol groups is 2. The highest BCUT2D eigenvalue weighted by Crippen LogP contribution is 2.45. The third kappa shape index (κ3) is 2.46. The van der Waals surface area contributed by atoms with Gasteiger partial charge in [-0.15, -0.1) is 36.6 Å². The van der Waals surface area contributed by atoms with E-state index in [4.69, 9.17) is 0 Å². The smallest absolute Gasteiger partial charge is 0.0494 e. The Hall–Kier alpha value is -1.16. The lowest BCUT2D eigenvalue weighted by Gasteiger charge is -1.97. The number of rotatable bonds is 2. The Labute approximate surface area is 127 Å². The molecule has 2 aromatic carbocycles. The van der Waals surface area contributed by atoms with Crippen LogP contribution >= 0.6 is 36.6 Å². The summed E-state index contributed by atoms with van der Waals surface area (Å²) in [7, 11) is 0. The van der Waals surface area contributed by atoms with Crippen LogP contribution in [-0.2, 0) is 0 Å². The van der Waals surface area contributed by atoms with Crippen LogP contribution in [0.15, 0.2) is 70.5 Å². The summed E-state index contributed by atoms with van der Waals surface area (Å²) in [6, 6.07) is 20.6. The molecule has 1 heterocycles. The first-order chi connectivity index (χ1) is 9.27. The molecule has 0 atom stereocenters. The highest BCUT2D eigenvalue weighted by atomic mass is 32.1. The number of hydrogen-bond donors (Lipinski definition) is 2. The Morgan fingerprint density at radius 2 is 0.947 bits per heavy atom. The maximum Gasteiger partial charge on any atom is 0.0494 e. The van der Waals surface area contributed by atoms with Crippen molar-refractivity contribution in [1.82, 2.24) is 0 Å². The minimum atomic E-state index is 0.957. The Bertz CT molecular complexity index is 625. The molecular weight excluding hydrogens is 288 g/mol. The molecule has 0 nitrogen and oxygen atoms in total. The second kappa shape index (κ2) is 5.45. The monoisotopic (exact) mass is 300 g/mol. The lowest BCUT2D eigenvalue weighted by atomic mass is 10.1. The normalized spacial score (nSPS) is 10.6. The molecule has 0 amide bonds. The molecule has 0 aliphatic carbocycles. The standard InChI is InChI=1S/C16H12S3/c17-13-14(18)16(12-9-5-2-6-10-12)19-15(13)11-7-3-1-4-8-11/h1-10,17-18H. The molecule has 3 aromatic rings. The third-order valence-electron chi connectivity index (χ3n) is 2.93. The van der Waals surface area contributed by atoms with E-state index >= 15 is 0 Å². The fraction of sp³-hybridized carbons (Fsp3) is 0. The largest absolute Gasteiger partial charge is 0.141 e. The molecule has 0 unspecified atom stereocenters. The molecule has 3 rings (SSSR count). The first kappa shape index (κ1) is 12.9. The molecule has 3 heteroatoms. The van der Waals surface area contributed by atoms with Gasteiger partial charge in [0.25, 0.3) is 0 Å². The van der Waals surface area contributed by atoms with Gasteiger partial charge in [0.15, 0.2) is 0 Å². The van der Waals surface area contributed by atoms with E-state index in [1.54, 1.807) is 11.3 Å². The van der Waals surface area contributed by atoms with Crippen molar-refractivity contribution in [2.24, 2.45) is 0 Å². The molecule has 0 N–H and O–H groups in total. The van der Waals surface area contributed by atoms with Gasteiger partial charge in [0, 0.05) is 19.5 Å². The van der Waals surface area contributed by atoms with E-state index in [2.05, 4.69) is 49.5 Å². The molecule has 19 heavy (non-hydrogen) atoms. The maximum atomic E-state index is 4.63. The van der Waals surface area contributed by atoms with Gasteiger partial charge < -0.3 is 0 Å². The Morgan fingerprint density at radius 3 is 1.32 bits per heavy atom. The van der Waals surface area contributed by atoms with E-state index in [-0.39, 0.29) is 0 Å². The Balaban J connectivity index is 2.16. The lowest BCUT2D eigenvalue weighted by molar-refractivity contribution is 1.35. The molecule has 0 saturated carbocycles. The molecule has 0 aliphatic rings. The van der Waals surface area contributed by atoms with Gasteiger partial charge in [0.05, 0.1) is 0 Å². The van der Waals surface area contributed by atoms with E-state index in [9.17, 15) is 0 Å². The van der Waals surface area contributed by atoms with Crippen molar-refractivity contribution in [3.05, 3.63) is 60.7 Å². The lowest BCUT2D eigenvalue weighted by Crippen LogP contribution is -1.73. The second-order valence-electron chi connectivity index (χ2n) is 4.19. The second-order valence-corrected chi connectivity index (χ2v) is 6.10. The minimum absolute atomic E-state index is 0.957. The average molecular weight is 300 g/mol. The topological polar surface area (TPSA) is 0 Å². The highest BCUT2D eigenvalue weighted by Gasteiger charge is 2.15. The fourth-order valence-corrected chi connectivity index (χ4v) is 4.00. The van der Waals surface area contributed by atoms with Crippen LogP contribution in [-0.4, -0.2) is 0 Å². The zero-order valence-corrected chi connectivity index (χ0v) is 12.7. The van der Waals surface area contributed by atoms with E-state index in [0.717, 1.165) is 9.79 Å². The van der Waals surface area contributed by atoms with Crippen molar-refractivity contribution in [1.29, 1.82) is 0 Å². The first-order valence-electron chi connectivity index (χ1n) is 5.93. The van der Waals surface area contributed by atoms with Crippen molar-refractivity contribution in [2.45, 2.75) is 9.79 Å². The van der Waals surface area contributed by atoms with Crippen molar-refractivity contribution in [3.63, 3.8) is 0 Å². The predicted molar refractivity (Wildman–Crippen MR) is 89.7 cm³/mol. The SMILES string of the molecule is Sc1c(-c2ccccc2)sc(-c2ccccc2)c1S. The van der Waals surface area contributed by atoms with Gasteiger partial charge in [-0.2, -0.15) is 0 Å². The number of hydrogen-bond acceptors (Lipinski definition) is 3. The zero-order chi connectivity index (χ0) is 13.2. The van der Waals surface area contributed by atoms with Crippen LogP contribution in [0.25, 0.3) is 20.9 Å². The van der Waals surface area contributed by atoms with Crippen molar-refractivity contribution >= 4 is 36.6 Å². The zero-order valence-electron chi connectivity index (χ0n) is 10.1. The number of benzene rings is 2. The van der Waals surface area contributed by atoms with Gasteiger partial charge in [-0.3, -0.25) is 0 Å². The van der Waals surface area contributed by atoms with Gasteiger partial charge in [0.1, 0.15) is 0 Å². The van der Waals surface area contributed by atoms with Crippen LogP contribution in [0.3, 0.4) is 0 Å². The van der Waals surface area contributed by atoms with Crippen LogP contribution in [0.4, 0.5) is 0 Å². The summed E-state index contributed by atoms with van der Waals surface area (Å²) in [5.41, 5.74) is 2.38. The van der Waals surface area contributed by atoms with Gasteiger partial charge >= 0.3 is 0 Å². The summed E-state index contributed by atoms with van der Waals surface area (Å²) in [5, 5.41) is 0. The van der Waals surface area contributed by atoms with Crippen LogP contribution in [0, 0.1) is 0 Å².